The minimum absolute atomic E-state index is 0.0182. The first kappa shape index (κ1) is 61.9. The van der Waals surface area contributed by atoms with Gasteiger partial charge in [0.1, 0.15) is 17.9 Å². The van der Waals surface area contributed by atoms with E-state index in [1.165, 1.54) is 12.0 Å². The van der Waals surface area contributed by atoms with Crippen LogP contribution in [0.1, 0.15) is 151 Å². The van der Waals surface area contributed by atoms with Crippen LogP contribution in [0, 0.1) is 35.5 Å². The SMILES string of the molecule is COC1CC2CCC(C)[C@](O)(O2)C(=O)C(=O)N2CCCCC2C(=O)OC(C(C)CC2CCC(O)C(OC)C2)CC(=O)C(C)/C=C(\C)C(OC(=O)CCCN2CCCC2)C(OC)C(=O)C(C)CC(C)/C=C/C=C/C=C\1C. The number of allylic oxidation sites excluding steroid dienone is 6. The Morgan fingerprint density at radius 1 is 0.827 bits per heavy atom. The quantitative estimate of drug-likeness (QED) is 0.116. The second kappa shape index (κ2) is 29.7. The zero-order chi connectivity index (χ0) is 55.0. The first-order valence-electron chi connectivity index (χ1n) is 28.1. The highest BCUT2D eigenvalue weighted by Gasteiger charge is 2.53. The Morgan fingerprint density at radius 3 is 2.24 bits per heavy atom. The number of nitrogens with zero attached hydrogens (tertiary/aromatic N) is 2. The van der Waals surface area contributed by atoms with Crippen LogP contribution in [0.5, 0.6) is 0 Å². The third-order valence-corrected chi connectivity index (χ3v) is 16.8. The second-order valence-electron chi connectivity index (χ2n) is 22.7. The predicted octanol–water partition coefficient (Wildman–Crippen LogP) is 7.61. The van der Waals surface area contributed by atoms with Crippen molar-refractivity contribution in [2.24, 2.45) is 35.5 Å². The van der Waals surface area contributed by atoms with Crippen LogP contribution in [-0.4, -0.2) is 157 Å². The minimum Gasteiger partial charge on any atom is -0.460 e. The van der Waals surface area contributed by atoms with Gasteiger partial charge in [-0.2, -0.15) is 0 Å². The molecule has 2 N–H and O–H groups in total. The van der Waals surface area contributed by atoms with E-state index in [0.29, 0.717) is 76.2 Å². The average Bonchev–Trinajstić information content (AvgIpc) is 3.91. The Kier molecular flexibility index (Phi) is 24.6. The Balaban J connectivity index is 1.50. The lowest BCUT2D eigenvalue weighted by Crippen LogP contribution is -2.61. The molecule has 422 valence electrons. The maximum absolute atomic E-state index is 14.6. The number of ether oxygens (including phenoxy) is 6. The predicted molar refractivity (Wildman–Crippen MR) is 284 cm³/mol. The molecule has 0 radical (unpaired) electrons. The molecule has 1 saturated carbocycles. The number of hydrogen-bond donors (Lipinski definition) is 2. The molecule has 15 atom stereocenters. The molecule has 0 spiro atoms. The number of carbonyl (C=O) groups excluding carboxylic acids is 6. The lowest BCUT2D eigenvalue weighted by atomic mass is 9.78. The van der Waals surface area contributed by atoms with Gasteiger partial charge in [-0.15, -0.1) is 0 Å². The summed E-state index contributed by atoms with van der Waals surface area (Å²) in [5, 5.41) is 22.6. The molecule has 4 aliphatic heterocycles. The Labute approximate surface area is 447 Å². The van der Waals surface area contributed by atoms with Crippen molar-refractivity contribution in [3.63, 3.8) is 0 Å². The van der Waals surface area contributed by atoms with Gasteiger partial charge in [0.2, 0.25) is 5.79 Å². The van der Waals surface area contributed by atoms with Crippen LogP contribution in [0.15, 0.2) is 47.6 Å². The smallest absolute Gasteiger partial charge is 0.329 e. The molecule has 1 amide bonds. The summed E-state index contributed by atoms with van der Waals surface area (Å²) in [6, 6.07) is -1.16. The van der Waals surface area contributed by atoms with Crippen LogP contribution >= 0.6 is 0 Å². The first-order chi connectivity index (χ1) is 35.7. The molecule has 16 nitrogen and oxygen atoms in total. The van der Waals surface area contributed by atoms with Crippen molar-refractivity contribution < 1.29 is 67.4 Å². The largest absolute Gasteiger partial charge is 0.460 e. The number of esters is 2. The monoisotopic (exact) mass is 1050 g/mol. The van der Waals surface area contributed by atoms with Crippen molar-refractivity contribution >= 4 is 35.2 Å². The van der Waals surface area contributed by atoms with Crippen molar-refractivity contribution in [3.05, 3.63) is 47.6 Å². The fourth-order valence-electron chi connectivity index (χ4n) is 11.9. The lowest BCUT2D eigenvalue weighted by Gasteiger charge is -2.42. The van der Waals surface area contributed by atoms with E-state index in [1.54, 1.807) is 41.1 Å². The Bertz CT molecular complexity index is 2050. The molecule has 1 aliphatic carbocycles. The summed E-state index contributed by atoms with van der Waals surface area (Å²) >= 11 is 0. The van der Waals surface area contributed by atoms with Gasteiger partial charge >= 0.3 is 11.9 Å². The van der Waals surface area contributed by atoms with E-state index in [1.807, 2.05) is 58.1 Å². The van der Waals surface area contributed by atoms with E-state index < -0.39 is 89.8 Å². The van der Waals surface area contributed by atoms with Crippen molar-refractivity contribution in [2.75, 3.05) is 47.5 Å². The van der Waals surface area contributed by atoms with Gasteiger partial charge in [0.05, 0.1) is 24.4 Å². The zero-order valence-electron chi connectivity index (χ0n) is 46.9. The number of ketones is 3. The summed E-state index contributed by atoms with van der Waals surface area (Å²) < 4.78 is 36.1. The third kappa shape index (κ3) is 17.3. The third-order valence-electron chi connectivity index (χ3n) is 16.8. The molecule has 0 aromatic carbocycles. The summed E-state index contributed by atoms with van der Waals surface area (Å²) in [6.07, 6.45) is 14.2. The highest BCUT2D eigenvalue weighted by Crippen LogP contribution is 2.38. The maximum atomic E-state index is 14.6. The molecule has 2 bridgehead atoms. The molecule has 4 heterocycles. The van der Waals surface area contributed by atoms with Crippen molar-refractivity contribution in [2.45, 2.75) is 206 Å². The number of likely N-dealkylation sites (tertiary alicyclic amines) is 1. The minimum atomic E-state index is -2.44. The zero-order valence-corrected chi connectivity index (χ0v) is 46.9. The normalized spacial score (nSPS) is 37.8. The molecular formula is C59H92N2O14. The maximum Gasteiger partial charge on any atom is 0.329 e. The Hall–Kier alpha value is -3.90. The van der Waals surface area contributed by atoms with Gasteiger partial charge in [0, 0.05) is 64.9 Å². The number of Topliss-reactive ketones (excluding diaryl/α,β-unsaturated/α-hetero) is 3. The molecular weight excluding hydrogens is 961 g/mol. The van der Waals surface area contributed by atoms with Crippen LogP contribution in [0.4, 0.5) is 0 Å². The number of fused-ring (bicyclic) bond motifs is 3. The fourth-order valence-corrected chi connectivity index (χ4v) is 11.9. The van der Waals surface area contributed by atoms with E-state index in [0.717, 1.165) is 38.0 Å². The number of rotatable bonds is 11. The number of piperidine rings is 1. The highest BCUT2D eigenvalue weighted by atomic mass is 16.6. The van der Waals surface area contributed by atoms with Crippen LogP contribution in [-0.2, 0) is 57.2 Å². The van der Waals surface area contributed by atoms with E-state index in [4.69, 9.17) is 28.4 Å². The molecule has 16 heteroatoms. The van der Waals surface area contributed by atoms with Crippen LogP contribution in [0.3, 0.4) is 0 Å². The highest BCUT2D eigenvalue weighted by molar-refractivity contribution is 6.39. The number of hydrogen-bond acceptors (Lipinski definition) is 15. The van der Waals surface area contributed by atoms with E-state index >= 15 is 0 Å². The summed E-state index contributed by atoms with van der Waals surface area (Å²) in [5.74, 6) is -8.64. The van der Waals surface area contributed by atoms with Crippen LogP contribution < -0.4 is 0 Å². The molecule has 75 heavy (non-hydrogen) atoms. The first-order valence-corrected chi connectivity index (χ1v) is 28.1. The van der Waals surface area contributed by atoms with Gasteiger partial charge in [0.15, 0.2) is 18.0 Å². The summed E-state index contributed by atoms with van der Waals surface area (Å²) in [4.78, 5) is 89.5. The van der Waals surface area contributed by atoms with Crippen LogP contribution in [0.2, 0.25) is 0 Å². The number of methoxy groups -OCH3 is 3. The van der Waals surface area contributed by atoms with Gasteiger partial charge in [-0.05, 0) is 146 Å². The van der Waals surface area contributed by atoms with Gasteiger partial charge < -0.3 is 48.4 Å². The number of amides is 1. The summed E-state index contributed by atoms with van der Waals surface area (Å²) in [5.41, 5.74) is 1.34. The molecule has 3 saturated heterocycles. The standard InChI is InChI=1S/C59H92N2O14/c1-37-19-12-11-13-20-38(2)49(70-8)35-45-25-23-43(7)59(69,75-45)56(66)57(67)61-30-15-14-21-46(61)58(68)73-50(40(4)33-44-24-26-47(62)51(34-44)71-9)36-48(63)39(3)32-42(6)54(55(72-10)53(65)41(5)31-37)74-52(64)22-18-29-60-27-16-17-28-60/h11-13,19-20,32,37,39-41,43-47,49-51,54-55,62,69H,14-18,21-31,33-36H2,1-10H3/b13-11+,19-12+,38-20-,42-32+/t37?,39?,40?,41?,43?,44?,45?,46?,47?,49?,50?,51?,54?,55?,59-/m0/s1. The van der Waals surface area contributed by atoms with Gasteiger partial charge in [-0.25, -0.2) is 4.79 Å². The molecule has 5 rings (SSSR count). The molecule has 0 aromatic rings. The van der Waals surface area contributed by atoms with Gasteiger partial charge in [0.25, 0.3) is 11.7 Å². The van der Waals surface area contributed by atoms with Crippen LogP contribution in [0.25, 0.3) is 0 Å². The van der Waals surface area contributed by atoms with Gasteiger partial charge in [-0.1, -0.05) is 71.1 Å². The Morgan fingerprint density at radius 2 is 1.55 bits per heavy atom. The summed E-state index contributed by atoms with van der Waals surface area (Å²) in [6.45, 7) is 15.7. The van der Waals surface area contributed by atoms with E-state index in [-0.39, 0.29) is 61.2 Å². The molecule has 0 aromatic heterocycles. The molecule has 4 fully saturated rings. The van der Waals surface area contributed by atoms with E-state index in [2.05, 4.69) is 4.90 Å². The molecule has 5 aliphatic rings. The topological polar surface area (TPSA) is 205 Å². The van der Waals surface area contributed by atoms with Crippen molar-refractivity contribution in [3.8, 4) is 0 Å². The van der Waals surface area contributed by atoms with Crippen molar-refractivity contribution in [1.29, 1.82) is 0 Å². The number of carbonyl (C=O) groups is 6. The van der Waals surface area contributed by atoms with Crippen molar-refractivity contribution in [1.82, 2.24) is 9.80 Å². The molecule has 14 unspecified atom stereocenters. The van der Waals surface area contributed by atoms with Gasteiger partial charge in [-0.3, -0.25) is 24.0 Å². The fraction of sp³-hybridized carbons (Fsp3) is 0.763. The lowest BCUT2D eigenvalue weighted by molar-refractivity contribution is -0.265. The number of aliphatic hydroxyl groups is 2. The second-order valence-corrected chi connectivity index (χ2v) is 22.7. The number of cyclic esters (lactones) is 1. The summed E-state index contributed by atoms with van der Waals surface area (Å²) in [7, 11) is 4.57. The average molecular weight is 1050 g/mol. The number of aliphatic hydroxyl groups excluding tert-OH is 1. The van der Waals surface area contributed by atoms with E-state index in [9.17, 15) is 39.0 Å².